The number of azo groups is 1. The summed E-state index contributed by atoms with van der Waals surface area (Å²) < 4.78 is 5.17. The fourth-order valence-corrected chi connectivity index (χ4v) is 3.04. The van der Waals surface area contributed by atoms with Gasteiger partial charge in [-0.2, -0.15) is 0 Å². The highest BCUT2D eigenvalue weighted by atomic mass is 16.5. The molecule has 1 aliphatic carbocycles. The number of rotatable bonds is 2. The molecule has 4 rings (SSSR count). The third kappa shape index (κ3) is 2.64. The van der Waals surface area contributed by atoms with Gasteiger partial charge in [-0.1, -0.05) is 11.2 Å². The minimum Gasteiger partial charge on any atom is -0.509 e. The van der Waals surface area contributed by atoms with Crippen molar-refractivity contribution >= 4 is 33.9 Å². The van der Waals surface area contributed by atoms with Crippen LogP contribution in [0.15, 0.2) is 50.5 Å². The van der Waals surface area contributed by atoms with E-state index >= 15 is 0 Å². The zero-order chi connectivity index (χ0) is 20.0. The summed E-state index contributed by atoms with van der Waals surface area (Å²) in [5.74, 6) is -0.978. The molecule has 0 fully saturated rings. The number of nitrogens with two attached hydrogens (primary N) is 1. The molecule has 1 heterocycles. The lowest BCUT2D eigenvalue weighted by atomic mass is 9.91. The van der Waals surface area contributed by atoms with E-state index in [0.717, 1.165) is 5.56 Å². The van der Waals surface area contributed by atoms with Crippen molar-refractivity contribution in [3.8, 4) is 5.75 Å². The number of aliphatic hydroxyl groups is 1. The maximum Gasteiger partial charge on any atom is 0.224 e. The van der Waals surface area contributed by atoms with Gasteiger partial charge in [-0.05, 0) is 24.6 Å². The predicted molar refractivity (Wildman–Crippen MR) is 99.7 cm³/mol. The Morgan fingerprint density at radius 1 is 1.25 bits per heavy atom. The number of aliphatic hydroxyl groups excluding tert-OH is 1. The van der Waals surface area contributed by atoms with Gasteiger partial charge in [-0.25, -0.2) is 4.85 Å². The van der Waals surface area contributed by atoms with E-state index < -0.39 is 5.78 Å². The van der Waals surface area contributed by atoms with Gasteiger partial charge in [0, 0.05) is 29.3 Å². The van der Waals surface area contributed by atoms with E-state index in [1.807, 2.05) is 0 Å². The van der Waals surface area contributed by atoms with Crippen LogP contribution in [0, 0.1) is 13.5 Å². The number of carbonyl (C=O) groups excluding carboxylic acids is 1. The zero-order valence-corrected chi connectivity index (χ0v) is 14.6. The molecule has 4 N–H and O–H groups in total. The number of phenols is 1. The second-order valence-corrected chi connectivity index (χ2v) is 6.32. The van der Waals surface area contributed by atoms with E-state index in [1.165, 1.54) is 12.1 Å². The Kier molecular flexibility index (Phi) is 3.82. The van der Waals surface area contributed by atoms with Crippen LogP contribution in [0.25, 0.3) is 15.8 Å². The molecule has 0 aliphatic heterocycles. The Balaban J connectivity index is 1.74. The largest absolute Gasteiger partial charge is 0.509 e. The lowest BCUT2D eigenvalue weighted by Crippen LogP contribution is -2.16. The third-order valence-electron chi connectivity index (χ3n) is 4.46. The SMILES string of the molecule is [C-]#[N+]c1cc2onc(N=NC3=C(O)Cc4c(O)cc(N)cc4C3=O)c2cc1C. The molecule has 9 nitrogen and oxygen atoms in total. The number of nitrogen functional groups attached to an aromatic ring is 1. The van der Waals surface area contributed by atoms with Gasteiger partial charge in [-0.15, -0.1) is 10.2 Å². The summed E-state index contributed by atoms with van der Waals surface area (Å²) in [6, 6.07) is 5.97. The van der Waals surface area contributed by atoms with Crippen molar-refractivity contribution in [3.05, 3.63) is 63.8 Å². The topological polar surface area (TPSA) is 139 Å². The van der Waals surface area contributed by atoms with Crippen LogP contribution in [0.2, 0.25) is 0 Å². The predicted octanol–water partition coefficient (Wildman–Crippen LogP) is 4.27. The molecule has 9 heteroatoms. The smallest absolute Gasteiger partial charge is 0.224 e. The van der Waals surface area contributed by atoms with Gasteiger partial charge in [0.15, 0.2) is 17.0 Å². The van der Waals surface area contributed by atoms with Crippen molar-refractivity contribution in [2.75, 3.05) is 5.73 Å². The highest BCUT2D eigenvalue weighted by molar-refractivity contribution is 6.11. The molecule has 2 aromatic carbocycles. The van der Waals surface area contributed by atoms with Crippen LogP contribution in [-0.2, 0) is 6.42 Å². The van der Waals surface area contributed by atoms with Crippen molar-refractivity contribution in [1.82, 2.24) is 5.16 Å². The first-order valence-electron chi connectivity index (χ1n) is 8.16. The lowest BCUT2D eigenvalue weighted by molar-refractivity contribution is 0.102. The summed E-state index contributed by atoms with van der Waals surface area (Å²) in [5, 5.41) is 32.3. The molecule has 138 valence electrons. The van der Waals surface area contributed by atoms with E-state index in [-0.39, 0.29) is 46.3 Å². The number of anilines is 1. The number of hydrogen-bond acceptors (Lipinski definition) is 8. The Hall–Kier alpha value is -4.19. The molecular formula is C19H13N5O4. The highest BCUT2D eigenvalue weighted by Gasteiger charge is 2.29. The average Bonchev–Trinajstić information content (AvgIpc) is 3.04. The standard InChI is InChI=1S/C19H13N5O4/c1-8-3-12-16(7-13(8)21-2)28-24-19(12)23-22-17-15(26)6-10-11(18(17)27)4-9(20)5-14(10)25/h3-5,7,25-26H,6,20H2,1H3. The summed E-state index contributed by atoms with van der Waals surface area (Å²) in [6.45, 7) is 8.91. The molecule has 0 unspecified atom stereocenters. The molecule has 0 saturated heterocycles. The molecule has 0 amide bonds. The normalized spacial score (nSPS) is 13.9. The number of carbonyl (C=O) groups is 1. The molecule has 28 heavy (non-hydrogen) atoms. The first-order chi connectivity index (χ1) is 13.4. The highest BCUT2D eigenvalue weighted by Crippen LogP contribution is 2.35. The van der Waals surface area contributed by atoms with Crippen molar-refractivity contribution in [3.63, 3.8) is 0 Å². The first-order valence-corrected chi connectivity index (χ1v) is 8.16. The number of nitrogens with zero attached hydrogens (tertiary/aromatic N) is 4. The Bertz CT molecular complexity index is 1260. The number of hydrogen-bond donors (Lipinski definition) is 3. The number of allylic oxidation sites excluding steroid dienone is 2. The molecule has 1 aliphatic rings. The average molecular weight is 375 g/mol. The van der Waals surface area contributed by atoms with E-state index in [0.29, 0.717) is 16.7 Å². The van der Waals surface area contributed by atoms with E-state index in [1.54, 1.807) is 19.1 Å². The Labute approximate surface area is 158 Å². The number of fused-ring (bicyclic) bond motifs is 2. The number of phenolic OH excluding ortho intramolecular Hbond substituents is 1. The van der Waals surface area contributed by atoms with Crippen LogP contribution in [0.1, 0.15) is 21.5 Å². The molecule has 0 atom stereocenters. The number of aryl methyl sites for hydroxylation is 1. The molecule has 0 radical (unpaired) electrons. The van der Waals surface area contributed by atoms with Gasteiger partial charge in [-0.3, -0.25) is 4.79 Å². The van der Waals surface area contributed by atoms with E-state index in [4.69, 9.17) is 16.8 Å². The van der Waals surface area contributed by atoms with Crippen molar-refractivity contribution in [2.45, 2.75) is 13.3 Å². The van der Waals surface area contributed by atoms with E-state index in [9.17, 15) is 15.0 Å². The maximum absolute atomic E-state index is 12.7. The molecule has 0 bridgehead atoms. The summed E-state index contributed by atoms with van der Waals surface area (Å²) in [4.78, 5) is 16.1. The van der Waals surface area contributed by atoms with Crippen LogP contribution < -0.4 is 5.73 Å². The lowest BCUT2D eigenvalue weighted by Gasteiger charge is -2.17. The monoisotopic (exact) mass is 375 g/mol. The van der Waals surface area contributed by atoms with Crippen LogP contribution >= 0.6 is 0 Å². The van der Waals surface area contributed by atoms with Crippen LogP contribution in [0.5, 0.6) is 5.75 Å². The van der Waals surface area contributed by atoms with Gasteiger partial charge >= 0.3 is 0 Å². The third-order valence-corrected chi connectivity index (χ3v) is 4.46. The molecule has 1 aromatic heterocycles. The number of aromatic hydroxyl groups is 1. The minimum absolute atomic E-state index is 0.0748. The van der Waals surface area contributed by atoms with Gasteiger partial charge in [0.05, 0.1) is 12.0 Å². The molecule has 0 saturated carbocycles. The summed E-state index contributed by atoms with van der Waals surface area (Å²) in [5.41, 5.74) is 7.60. The quantitative estimate of drug-likeness (QED) is 0.347. The summed E-state index contributed by atoms with van der Waals surface area (Å²) >= 11 is 0. The van der Waals surface area contributed by atoms with Gasteiger partial charge < -0.3 is 20.5 Å². The van der Waals surface area contributed by atoms with Crippen molar-refractivity contribution in [1.29, 1.82) is 0 Å². The number of benzene rings is 2. The maximum atomic E-state index is 12.7. The van der Waals surface area contributed by atoms with E-state index in [2.05, 4.69) is 20.2 Å². The first kappa shape index (κ1) is 17.2. The Morgan fingerprint density at radius 3 is 2.79 bits per heavy atom. The van der Waals surface area contributed by atoms with Crippen LogP contribution in [-0.4, -0.2) is 21.2 Å². The second kappa shape index (κ2) is 6.21. The van der Waals surface area contributed by atoms with Crippen LogP contribution in [0.3, 0.4) is 0 Å². The van der Waals surface area contributed by atoms with Crippen molar-refractivity contribution in [2.24, 2.45) is 10.2 Å². The second-order valence-electron chi connectivity index (χ2n) is 6.32. The summed E-state index contributed by atoms with van der Waals surface area (Å²) in [7, 11) is 0. The summed E-state index contributed by atoms with van der Waals surface area (Å²) in [6.07, 6.45) is -0.0748. The Morgan fingerprint density at radius 2 is 2.04 bits per heavy atom. The fourth-order valence-electron chi connectivity index (χ4n) is 3.04. The number of ketones is 1. The van der Waals surface area contributed by atoms with Gasteiger partial charge in [0.1, 0.15) is 11.5 Å². The fraction of sp³-hybridized carbons (Fsp3) is 0.105. The molecule has 0 spiro atoms. The number of Topliss-reactive ketones (excluding diaryl/α,β-unsaturated/α-hetero) is 1. The van der Waals surface area contributed by atoms with Crippen LogP contribution in [0.4, 0.5) is 17.2 Å². The van der Waals surface area contributed by atoms with Gasteiger partial charge in [0.25, 0.3) is 0 Å². The van der Waals surface area contributed by atoms with Crippen molar-refractivity contribution < 1.29 is 19.5 Å². The molecule has 3 aromatic rings. The molecular weight excluding hydrogens is 362 g/mol. The number of aromatic nitrogens is 1. The zero-order valence-electron chi connectivity index (χ0n) is 14.6. The minimum atomic E-state index is -0.607. The van der Waals surface area contributed by atoms with Gasteiger partial charge in [0.2, 0.25) is 11.6 Å².